The van der Waals surface area contributed by atoms with Crippen molar-refractivity contribution in [2.45, 2.75) is 19.3 Å². The summed E-state index contributed by atoms with van der Waals surface area (Å²) in [6, 6.07) is 9.78. The summed E-state index contributed by atoms with van der Waals surface area (Å²) >= 11 is 0. The first-order chi connectivity index (χ1) is 5.64. The largest absolute Gasteiger partial charge is 0.449 e. The Balaban J connectivity index is 2.64. The van der Waals surface area contributed by atoms with Crippen molar-refractivity contribution in [2.24, 2.45) is 5.73 Å². The van der Waals surface area contributed by atoms with Crippen LogP contribution in [0.5, 0.6) is 5.75 Å². The van der Waals surface area contributed by atoms with Crippen molar-refractivity contribution < 1.29 is 9.84 Å². The van der Waals surface area contributed by atoms with E-state index in [9.17, 15) is 5.11 Å². The van der Waals surface area contributed by atoms with E-state index in [1.807, 2.05) is 6.07 Å². The van der Waals surface area contributed by atoms with Crippen molar-refractivity contribution in [1.29, 1.82) is 0 Å². The van der Waals surface area contributed by atoms with Crippen LogP contribution in [0.1, 0.15) is 13.3 Å². The van der Waals surface area contributed by atoms with Gasteiger partial charge in [0.1, 0.15) is 5.75 Å². The highest BCUT2D eigenvalue weighted by Crippen LogP contribution is 2.13. The topological polar surface area (TPSA) is 55.5 Å². The zero-order chi connectivity index (χ0) is 9.03. The third-order valence-corrected chi connectivity index (χ3v) is 1.47. The van der Waals surface area contributed by atoms with E-state index < -0.39 is 5.91 Å². The molecule has 0 fully saturated rings. The first-order valence-electron chi connectivity index (χ1n) is 3.81. The lowest BCUT2D eigenvalue weighted by Gasteiger charge is -2.22. The fourth-order valence-corrected chi connectivity index (χ4v) is 0.703. The molecule has 0 saturated heterocycles. The molecule has 1 aromatic carbocycles. The van der Waals surface area contributed by atoms with Gasteiger partial charge in [-0.3, -0.25) is 5.73 Å². The second-order valence-electron chi connectivity index (χ2n) is 2.53. The minimum atomic E-state index is -1.59. The molecule has 1 rings (SSSR count). The third-order valence-electron chi connectivity index (χ3n) is 1.47. The van der Waals surface area contributed by atoms with E-state index in [0.29, 0.717) is 12.2 Å². The molecule has 12 heavy (non-hydrogen) atoms. The molecule has 1 unspecified atom stereocenters. The maximum atomic E-state index is 9.31. The zero-order valence-corrected chi connectivity index (χ0v) is 6.95. The van der Waals surface area contributed by atoms with E-state index in [1.165, 1.54) is 0 Å². The normalized spacial score (nSPS) is 15.2. The Bertz CT molecular complexity index is 234. The van der Waals surface area contributed by atoms with Crippen molar-refractivity contribution in [3.05, 3.63) is 30.3 Å². The Labute approximate surface area is 71.8 Å². The van der Waals surface area contributed by atoms with Crippen molar-refractivity contribution in [3.63, 3.8) is 0 Å². The Morgan fingerprint density at radius 2 is 2.42 bits per heavy atom. The van der Waals surface area contributed by atoms with Crippen LogP contribution in [0, 0.1) is 6.07 Å². The summed E-state index contributed by atoms with van der Waals surface area (Å²) in [7, 11) is 0. The lowest BCUT2D eigenvalue weighted by atomic mass is 10.3. The van der Waals surface area contributed by atoms with Crippen molar-refractivity contribution in [2.75, 3.05) is 0 Å². The summed E-state index contributed by atoms with van der Waals surface area (Å²) in [5.74, 6) is -1.14. The third kappa shape index (κ3) is 2.53. The van der Waals surface area contributed by atoms with Gasteiger partial charge < -0.3 is 9.84 Å². The molecule has 0 aromatic heterocycles. The summed E-state index contributed by atoms with van der Waals surface area (Å²) in [6.45, 7) is 1.74. The van der Waals surface area contributed by atoms with Gasteiger partial charge in [-0.15, -0.1) is 0 Å². The van der Waals surface area contributed by atoms with Gasteiger partial charge in [0.25, 0.3) is 5.91 Å². The molecule has 0 aliphatic heterocycles. The molecule has 1 aromatic rings. The van der Waals surface area contributed by atoms with Crippen molar-refractivity contribution >= 4 is 0 Å². The SMILES string of the molecule is CCC(N)(O)Oc1[c]cccc1. The van der Waals surface area contributed by atoms with E-state index in [0.717, 1.165) is 0 Å². The summed E-state index contributed by atoms with van der Waals surface area (Å²) in [5, 5.41) is 9.31. The van der Waals surface area contributed by atoms with Crippen LogP contribution < -0.4 is 10.5 Å². The van der Waals surface area contributed by atoms with Crippen LogP contribution in [0.2, 0.25) is 0 Å². The predicted molar refractivity (Wildman–Crippen MR) is 45.3 cm³/mol. The van der Waals surface area contributed by atoms with Gasteiger partial charge in [0.05, 0.1) is 0 Å². The summed E-state index contributed by atoms with van der Waals surface area (Å²) < 4.78 is 5.03. The van der Waals surface area contributed by atoms with Gasteiger partial charge in [-0.25, -0.2) is 0 Å². The van der Waals surface area contributed by atoms with Crippen LogP contribution >= 0.6 is 0 Å². The van der Waals surface area contributed by atoms with E-state index in [2.05, 4.69) is 6.07 Å². The maximum absolute atomic E-state index is 9.31. The predicted octanol–water partition coefficient (Wildman–Crippen LogP) is 0.880. The van der Waals surface area contributed by atoms with E-state index in [1.54, 1.807) is 25.1 Å². The highest BCUT2D eigenvalue weighted by Gasteiger charge is 2.19. The van der Waals surface area contributed by atoms with Crippen LogP contribution in [0.3, 0.4) is 0 Å². The molecule has 0 aliphatic carbocycles. The second-order valence-corrected chi connectivity index (χ2v) is 2.53. The minimum Gasteiger partial charge on any atom is -0.449 e. The van der Waals surface area contributed by atoms with E-state index >= 15 is 0 Å². The summed E-state index contributed by atoms with van der Waals surface area (Å²) in [4.78, 5) is 0. The second kappa shape index (κ2) is 3.56. The molecule has 65 valence electrons. The molecule has 0 aliphatic rings. The lowest BCUT2D eigenvalue weighted by molar-refractivity contribution is -0.134. The van der Waals surface area contributed by atoms with Crippen molar-refractivity contribution in [3.8, 4) is 5.75 Å². The smallest absolute Gasteiger partial charge is 0.265 e. The van der Waals surface area contributed by atoms with E-state index in [-0.39, 0.29) is 0 Å². The number of hydrogen-bond acceptors (Lipinski definition) is 3. The number of ether oxygens (including phenoxy) is 1. The molecule has 3 N–H and O–H groups in total. The molecule has 0 spiro atoms. The quantitative estimate of drug-likeness (QED) is 0.655. The first-order valence-corrected chi connectivity index (χ1v) is 3.81. The number of rotatable bonds is 3. The molecule has 1 atom stereocenters. The Morgan fingerprint density at radius 1 is 1.67 bits per heavy atom. The molecular formula is C9H12NO2. The number of nitrogens with two attached hydrogens (primary N) is 1. The fourth-order valence-electron chi connectivity index (χ4n) is 0.703. The zero-order valence-electron chi connectivity index (χ0n) is 6.95. The Kier molecular flexibility index (Phi) is 2.68. The maximum Gasteiger partial charge on any atom is 0.265 e. The summed E-state index contributed by atoms with van der Waals surface area (Å²) in [6.07, 6.45) is 0.329. The number of aliphatic hydroxyl groups is 1. The Morgan fingerprint density at radius 3 is 2.92 bits per heavy atom. The molecule has 1 radical (unpaired) electrons. The van der Waals surface area contributed by atoms with Crippen LogP contribution in [0.4, 0.5) is 0 Å². The lowest BCUT2D eigenvalue weighted by Crippen LogP contribution is -2.44. The molecule has 3 heteroatoms. The van der Waals surface area contributed by atoms with Crippen LogP contribution in [0.15, 0.2) is 24.3 Å². The van der Waals surface area contributed by atoms with Crippen LogP contribution in [-0.2, 0) is 0 Å². The van der Waals surface area contributed by atoms with Crippen LogP contribution in [-0.4, -0.2) is 11.0 Å². The average Bonchev–Trinajstić information content (AvgIpc) is 2.06. The molecule has 3 nitrogen and oxygen atoms in total. The van der Waals surface area contributed by atoms with Gasteiger partial charge in [0.2, 0.25) is 0 Å². The average molecular weight is 166 g/mol. The van der Waals surface area contributed by atoms with Gasteiger partial charge >= 0.3 is 0 Å². The fraction of sp³-hybridized carbons (Fsp3) is 0.333. The van der Waals surface area contributed by atoms with E-state index in [4.69, 9.17) is 10.5 Å². The highest BCUT2D eigenvalue weighted by atomic mass is 16.6. The molecule has 0 bridgehead atoms. The van der Waals surface area contributed by atoms with Gasteiger partial charge in [-0.2, -0.15) is 0 Å². The Hall–Kier alpha value is -1.06. The number of benzene rings is 1. The van der Waals surface area contributed by atoms with Gasteiger partial charge in [-0.05, 0) is 6.07 Å². The molecule has 0 heterocycles. The van der Waals surface area contributed by atoms with Gasteiger partial charge in [0.15, 0.2) is 0 Å². The number of hydrogen-bond donors (Lipinski definition) is 2. The number of para-hydroxylation sites is 1. The van der Waals surface area contributed by atoms with Crippen LogP contribution in [0.25, 0.3) is 0 Å². The molecular weight excluding hydrogens is 154 g/mol. The first kappa shape index (κ1) is 9.03. The highest BCUT2D eigenvalue weighted by molar-refractivity contribution is 5.19. The standard InChI is InChI=1S/C9H12NO2/c1-2-9(10,11)12-8-6-4-3-5-7-8/h3-6,11H,2,10H2,1H3. The minimum absolute atomic E-state index is 0.329. The van der Waals surface area contributed by atoms with Gasteiger partial charge in [0, 0.05) is 12.5 Å². The molecule has 0 saturated carbocycles. The van der Waals surface area contributed by atoms with Gasteiger partial charge in [-0.1, -0.05) is 25.1 Å². The monoisotopic (exact) mass is 166 g/mol. The summed E-state index contributed by atoms with van der Waals surface area (Å²) in [5.41, 5.74) is 5.36. The van der Waals surface area contributed by atoms with Crippen molar-refractivity contribution in [1.82, 2.24) is 0 Å². The molecule has 0 amide bonds.